The Kier molecular flexibility index (Phi) is 4.70. The highest BCUT2D eigenvalue weighted by Crippen LogP contribution is 2.35. The molecule has 0 spiro atoms. The van der Waals surface area contributed by atoms with Gasteiger partial charge in [-0.2, -0.15) is 0 Å². The fraction of sp³-hybridized carbons (Fsp3) is 0.250. The summed E-state index contributed by atoms with van der Waals surface area (Å²) in [7, 11) is 0. The molecule has 1 aliphatic heterocycles. The van der Waals surface area contributed by atoms with E-state index in [0.29, 0.717) is 16.7 Å². The van der Waals surface area contributed by atoms with Crippen molar-refractivity contribution in [3.8, 4) is 11.5 Å². The van der Waals surface area contributed by atoms with Crippen LogP contribution < -0.4 is 4.90 Å². The predicted octanol–water partition coefficient (Wildman–Crippen LogP) is 4.33. The van der Waals surface area contributed by atoms with E-state index in [1.54, 1.807) is 12.1 Å². The molecule has 27 heavy (non-hydrogen) atoms. The Balaban J connectivity index is 1.49. The van der Waals surface area contributed by atoms with E-state index in [9.17, 15) is 9.18 Å². The minimum Gasteiger partial charge on any atom is -0.411 e. The van der Waals surface area contributed by atoms with Crippen LogP contribution in [-0.4, -0.2) is 27.4 Å². The first kappa shape index (κ1) is 17.7. The molecule has 1 amide bonds. The number of thioether (sulfide) groups is 1. The molecule has 1 aromatic heterocycles. The number of halogens is 1. The van der Waals surface area contributed by atoms with Crippen LogP contribution in [0.2, 0.25) is 0 Å². The molecule has 0 aliphatic carbocycles. The van der Waals surface area contributed by atoms with Gasteiger partial charge in [0.25, 0.3) is 5.22 Å². The minimum absolute atomic E-state index is 0.0129. The zero-order valence-electron chi connectivity index (χ0n) is 14.9. The SMILES string of the molecule is C[C@H](Sc1nnc(-c2ccc(F)cc2)o1)C(=O)N1c2ccccc2C[C@H]1C. The van der Waals surface area contributed by atoms with Crippen molar-refractivity contribution < 1.29 is 13.6 Å². The summed E-state index contributed by atoms with van der Waals surface area (Å²) in [6.45, 7) is 3.89. The van der Waals surface area contributed by atoms with Gasteiger partial charge in [-0.1, -0.05) is 30.0 Å². The Bertz CT molecular complexity index is 973. The monoisotopic (exact) mass is 383 g/mol. The number of aromatic nitrogens is 2. The lowest BCUT2D eigenvalue weighted by atomic mass is 10.1. The van der Waals surface area contributed by atoms with Crippen LogP contribution in [0.25, 0.3) is 11.5 Å². The number of benzene rings is 2. The zero-order chi connectivity index (χ0) is 19.0. The number of rotatable bonds is 4. The Labute approximate surface area is 160 Å². The fourth-order valence-corrected chi connectivity index (χ4v) is 4.00. The smallest absolute Gasteiger partial charge is 0.277 e. The number of hydrogen-bond acceptors (Lipinski definition) is 5. The van der Waals surface area contributed by atoms with Crippen molar-refractivity contribution in [2.75, 3.05) is 4.90 Å². The number of fused-ring (bicyclic) bond motifs is 1. The van der Waals surface area contributed by atoms with Crippen LogP contribution in [0.5, 0.6) is 0 Å². The van der Waals surface area contributed by atoms with E-state index in [1.165, 1.54) is 29.5 Å². The molecule has 0 fully saturated rings. The molecule has 0 saturated carbocycles. The summed E-state index contributed by atoms with van der Waals surface area (Å²) in [6, 6.07) is 13.9. The normalized spacial score (nSPS) is 17.0. The summed E-state index contributed by atoms with van der Waals surface area (Å²) < 4.78 is 18.7. The Hall–Kier alpha value is -2.67. The van der Waals surface area contributed by atoms with Gasteiger partial charge in [-0.3, -0.25) is 4.79 Å². The molecule has 2 atom stereocenters. The molecule has 1 aliphatic rings. The van der Waals surface area contributed by atoms with Gasteiger partial charge >= 0.3 is 0 Å². The number of carbonyl (C=O) groups excluding carboxylic acids is 1. The quantitative estimate of drug-likeness (QED) is 0.628. The Morgan fingerprint density at radius 1 is 1.22 bits per heavy atom. The van der Waals surface area contributed by atoms with Gasteiger partial charge in [0.15, 0.2) is 0 Å². The van der Waals surface area contributed by atoms with Gasteiger partial charge in [0.1, 0.15) is 5.82 Å². The zero-order valence-corrected chi connectivity index (χ0v) is 15.7. The second-order valence-electron chi connectivity index (χ2n) is 6.53. The third-order valence-corrected chi connectivity index (χ3v) is 5.49. The van der Waals surface area contributed by atoms with Crippen LogP contribution in [0, 0.1) is 5.82 Å². The van der Waals surface area contributed by atoms with Gasteiger partial charge in [-0.15, -0.1) is 10.2 Å². The summed E-state index contributed by atoms with van der Waals surface area (Å²) >= 11 is 1.23. The van der Waals surface area contributed by atoms with Gasteiger partial charge in [-0.25, -0.2) is 4.39 Å². The highest BCUT2D eigenvalue weighted by atomic mass is 32.2. The van der Waals surface area contributed by atoms with Crippen LogP contribution >= 0.6 is 11.8 Å². The Morgan fingerprint density at radius 3 is 2.74 bits per heavy atom. The first-order valence-electron chi connectivity index (χ1n) is 8.70. The molecule has 5 nitrogen and oxygen atoms in total. The topological polar surface area (TPSA) is 59.2 Å². The standard InChI is InChI=1S/C20H18FN3O2S/c1-12-11-15-5-3-4-6-17(15)24(12)19(25)13(2)27-20-23-22-18(26-20)14-7-9-16(21)10-8-14/h3-10,12-13H,11H2,1-2H3/t12-,13+/m1/s1. The van der Waals surface area contributed by atoms with E-state index >= 15 is 0 Å². The number of para-hydroxylation sites is 1. The van der Waals surface area contributed by atoms with Crippen molar-refractivity contribution in [1.82, 2.24) is 10.2 Å². The second kappa shape index (κ2) is 7.15. The number of hydrogen-bond donors (Lipinski definition) is 0. The van der Waals surface area contributed by atoms with Gasteiger partial charge in [-0.05, 0) is 56.2 Å². The van der Waals surface area contributed by atoms with Crippen LogP contribution in [0.3, 0.4) is 0 Å². The van der Waals surface area contributed by atoms with E-state index in [4.69, 9.17) is 4.42 Å². The number of carbonyl (C=O) groups is 1. The van der Waals surface area contributed by atoms with E-state index in [1.807, 2.05) is 30.0 Å². The van der Waals surface area contributed by atoms with Crippen LogP contribution in [-0.2, 0) is 11.2 Å². The molecule has 3 aromatic rings. The largest absolute Gasteiger partial charge is 0.411 e. The number of anilines is 1. The van der Waals surface area contributed by atoms with E-state index in [0.717, 1.165) is 12.1 Å². The minimum atomic E-state index is -0.375. The summed E-state index contributed by atoms with van der Waals surface area (Å²) in [5.74, 6) is -0.0110. The highest BCUT2D eigenvalue weighted by molar-refractivity contribution is 8.00. The van der Waals surface area contributed by atoms with Crippen molar-refractivity contribution >= 4 is 23.4 Å². The van der Waals surface area contributed by atoms with Gasteiger partial charge < -0.3 is 9.32 Å². The van der Waals surface area contributed by atoms with Crippen molar-refractivity contribution in [1.29, 1.82) is 0 Å². The van der Waals surface area contributed by atoms with Gasteiger partial charge in [0.2, 0.25) is 11.8 Å². The first-order valence-corrected chi connectivity index (χ1v) is 9.58. The van der Waals surface area contributed by atoms with Crippen molar-refractivity contribution in [3.05, 3.63) is 59.9 Å². The average Bonchev–Trinajstić information content (AvgIpc) is 3.25. The number of amides is 1. The van der Waals surface area contributed by atoms with Crippen molar-refractivity contribution in [2.45, 2.75) is 36.8 Å². The Morgan fingerprint density at radius 2 is 1.96 bits per heavy atom. The average molecular weight is 383 g/mol. The maximum Gasteiger partial charge on any atom is 0.277 e. The lowest BCUT2D eigenvalue weighted by Gasteiger charge is -2.25. The molecule has 0 N–H and O–H groups in total. The second-order valence-corrected chi connectivity index (χ2v) is 7.82. The highest BCUT2D eigenvalue weighted by Gasteiger charge is 2.34. The fourth-order valence-electron chi connectivity index (χ4n) is 3.27. The van der Waals surface area contributed by atoms with Crippen LogP contribution in [0.1, 0.15) is 19.4 Å². The summed E-state index contributed by atoms with van der Waals surface area (Å²) in [5.41, 5.74) is 2.80. The maximum atomic E-state index is 13.0. The molecule has 0 unspecified atom stereocenters. The summed E-state index contributed by atoms with van der Waals surface area (Å²) in [6.07, 6.45) is 0.856. The van der Waals surface area contributed by atoms with E-state index < -0.39 is 0 Å². The molecule has 7 heteroatoms. The van der Waals surface area contributed by atoms with Gasteiger partial charge in [0, 0.05) is 17.3 Å². The third kappa shape index (κ3) is 3.47. The molecule has 2 heterocycles. The lowest BCUT2D eigenvalue weighted by molar-refractivity contribution is -0.118. The van der Waals surface area contributed by atoms with Crippen molar-refractivity contribution in [3.63, 3.8) is 0 Å². The van der Waals surface area contributed by atoms with Crippen LogP contribution in [0.15, 0.2) is 58.2 Å². The predicted molar refractivity (Wildman–Crippen MR) is 102 cm³/mol. The lowest BCUT2D eigenvalue weighted by Crippen LogP contribution is -2.40. The van der Waals surface area contributed by atoms with E-state index in [2.05, 4.69) is 23.2 Å². The molecular formula is C20H18FN3O2S. The van der Waals surface area contributed by atoms with Gasteiger partial charge in [0.05, 0.1) is 5.25 Å². The molecule has 0 radical (unpaired) electrons. The molecular weight excluding hydrogens is 365 g/mol. The first-order chi connectivity index (χ1) is 13.0. The van der Waals surface area contributed by atoms with Crippen LogP contribution in [0.4, 0.5) is 10.1 Å². The number of nitrogens with zero attached hydrogens (tertiary/aromatic N) is 3. The molecule has 4 rings (SSSR count). The molecule has 2 aromatic carbocycles. The third-order valence-electron chi connectivity index (χ3n) is 4.57. The van der Waals surface area contributed by atoms with Crippen molar-refractivity contribution in [2.24, 2.45) is 0 Å². The summed E-state index contributed by atoms with van der Waals surface area (Å²) in [4.78, 5) is 14.9. The molecule has 0 bridgehead atoms. The molecule has 138 valence electrons. The van der Waals surface area contributed by atoms with E-state index in [-0.39, 0.29) is 23.0 Å². The summed E-state index contributed by atoms with van der Waals surface area (Å²) in [5, 5.41) is 7.94. The molecule has 0 saturated heterocycles. The maximum absolute atomic E-state index is 13.0.